The molecule has 2 aromatic carbocycles. The molecule has 8 heteroatoms. The minimum atomic E-state index is -1.19. The molecule has 0 aliphatic carbocycles. The summed E-state index contributed by atoms with van der Waals surface area (Å²) >= 11 is 0. The first-order chi connectivity index (χ1) is 13.8. The highest BCUT2D eigenvalue weighted by molar-refractivity contribution is 6.22. The van der Waals surface area contributed by atoms with Crippen LogP contribution in [-0.4, -0.2) is 40.7 Å². The molecule has 1 N–H and O–H groups in total. The van der Waals surface area contributed by atoms with Gasteiger partial charge in [0.25, 0.3) is 17.7 Å². The minimum absolute atomic E-state index is 0.134. The topological polar surface area (TPSA) is 92.8 Å². The van der Waals surface area contributed by atoms with Gasteiger partial charge in [-0.3, -0.25) is 19.3 Å². The molecule has 2 atom stereocenters. The van der Waals surface area contributed by atoms with Crippen LogP contribution in [0.5, 0.6) is 0 Å². The number of rotatable bonds is 6. The summed E-state index contributed by atoms with van der Waals surface area (Å²) in [4.78, 5) is 50.3. The Morgan fingerprint density at radius 3 is 2.10 bits per heavy atom. The molecule has 3 amide bonds. The van der Waals surface area contributed by atoms with Crippen LogP contribution >= 0.6 is 0 Å². The lowest BCUT2D eigenvalue weighted by Gasteiger charge is -2.22. The van der Waals surface area contributed by atoms with Crippen LogP contribution in [0.15, 0.2) is 48.5 Å². The van der Waals surface area contributed by atoms with E-state index in [9.17, 15) is 23.6 Å². The molecule has 2 aromatic rings. The molecule has 0 bridgehead atoms. The average Bonchev–Trinajstić information content (AvgIpc) is 2.97. The van der Waals surface area contributed by atoms with Gasteiger partial charge in [0.1, 0.15) is 11.9 Å². The van der Waals surface area contributed by atoms with E-state index in [1.165, 1.54) is 50.2 Å². The van der Waals surface area contributed by atoms with Crippen molar-refractivity contribution < 1.29 is 28.3 Å². The van der Waals surface area contributed by atoms with Crippen molar-refractivity contribution in [1.82, 2.24) is 10.2 Å². The van der Waals surface area contributed by atoms with E-state index in [0.29, 0.717) is 5.56 Å². The number of nitrogens with zero attached hydrogens (tertiary/aromatic N) is 1. The molecule has 1 aliphatic heterocycles. The molecule has 0 spiro atoms. The predicted octanol–water partition coefficient (Wildman–Crippen LogP) is 2.06. The summed E-state index contributed by atoms with van der Waals surface area (Å²) < 4.78 is 18.0. The van der Waals surface area contributed by atoms with Gasteiger partial charge in [-0.15, -0.1) is 0 Å². The number of carbonyl (C=O) groups is 4. The van der Waals surface area contributed by atoms with Crippen molar-refractivity contribution in [2.24, 2.45) is 0 Å². The van der Waals surface area contributed by atoms with Crippen molar-refractivity contribution in [3.63, 3.8) is 0 Å². The summed E-state index contributed by atoms with van der Waals surface area (Å²) in [6.07, 6.45) is -1.14. The van der Waals surface area contributed by atoms with Crippen LogP contribution in [0.4, 0.5) is 4.39 Å². The first-order valence-corrected chi connectivity index (χ1v) is 8.99. The summed E-state index contributed by atoms with van der Waals surface area (Å²) in [5.41, 5.74) is 1.13. The molecule has 1 heterocycles. The molecule has 2 unspecified atom stereocenters. The lowest BCUT2D eigenvalue weighted by molar-refractivity contribution is -0.158. The number of nitrogens with one attached hydrogen (secondary N) is 1. The molecule has 0 saturated carbocycles. The van der Waals surface area contributed by atoms with E-state index in [1.54, 1.807) is 12.1 Å². The van der Waals surface area contributed by atoms with Crippen molar-refractivity contribution in [2.75, 3.05) is 0 Å². The van der Waals surface area contributed by atoms with E-state index in [1.807, 2.05) is 0 Å². The number of fused-ring (bicyclic) bond motifs is 1. The number of hydrogen-bond acceptors (Lipinski definition) is 5. The van der Waals surface area contributed by atoms with E-state index in [-0.39, 0.29) is 23.5 Å². The zero-order chi connectivity index (χ0) is 21.1. The van der Waals surface area contributed by atoms with Gasteiger partial charge in [0.2, 0.25) is 0 Å². The van der Waals surface area contributed by atoms with Gasteiger partial charge in [-0.1, -0.05) is 24.3 Å². The lowest BCUT2D eigenvalue weighted by Crippen LogP contribution is -2.46. The van der Waals surface area contributed by atoms with Crippen molar-refractivity contribution in [2.45, 2.75) is 32.5 Å². The van der Waals surface area contributed by atoms with Crippen molar-refractivity contribution in [3.8, 4) is 0 Å². The Kier molecular flexibility index (Phi) is 5.72. The second kappa shape index (κ2) is 8.22. The Bertz CT molecular complexity index is 938. The van der Waals surface area contributed by atoms with E-state index in [0.717, 1.165) is 4.90 Å². The number of imide groups is 1. The standard InChI is InChI=1S/C21H19FN2O5/c1-12(24-19(26)16-5-3-4-6-17(16)20(24)27)21(28)29-13(2)18(25)23-11-14-7-9-15(22)10-8-14/h3-10,12-13H,11H2,1-2H3,(H,23,25). The van der Waals surface area contributed by atoms with Crippen molar-refractivity contribution >= 4 is 23.7 Å². The van der Waals surface area contributed by atoms with Gasteiger partial charge < -0.3 is 10.1 Å². The normalized spacial score (nSPS) is 14.9. The fraction of sp³-hybridized carbons (Fsp3) is 0.238. The molecule has 29 heavy (non-hydrogen) atoms. The molecule has 150 valence electrons. The first-order valence-electron chi connectivity index (χ1n) is 8.99. The van der Waals surface area contributed by atoms with Gasteiger partial charge in [-0.25, -0.2) is 9.18 Å². The predicted molar refractivity (Wildman–Crippen MR) is 100 cm³/mol. The van der Waals surface area contributed by atoms with Crippen molar-refractivity contribution in [1.29, 1.82) is 0 Å². The van der Waals surface area contributed by atoms with Crippen LogP contribution < -0.4 is 5.32 Å². The lowest BCUT2D eigenvalue weighted by atomic mass is 10.1. The second-order valence-electron chi connectivity index (χ2n) is 6.63. The number of esters is 1. The van der Waals surface area contributed by atoms with Gasteiger partial charge in [-0.2, -0.15) is 0 Å². The maximum absolute atomic E-state index is 12.9. The smallest absolute Gasteiger partial charge is 0.329 e. The third-order valence-electron chi connectivity index (χ3n) is 4.60. The van der Waals surface area contributed by atoms with Crippen LogP contribution in [-0.2, 0) is 20.9 Å². The highest BCUT2D eigenvalue weighted by Gasteiger charge is 2.41. The summed E-state index contributed by atoms with van der Waals surface area (Å²) in [5, 5.41) is 2.58. The number of carbonyl (C=O) groups excluding carboxylic acids is 4. The SMILES string of the molecule is CC(OC(=O)C(C)N1C(=O)c2ccccc2C1=O)C(=O)NCc1ccc(F)cc1. The van der Waals surface area contributed by atoms with E-state index < -0.39 is 35.8 Å². The largest absolute Gasteiger partial charge is 0.451 e. The Labute approximate surface area is 166 Å². The monoisotopic (exact) mass is 398 g/mol. The van der Waals surface area contributed by atoms with Gasteiger partial charge in [0, 0.05) is 6.54 Å². The van der Waals surface area contributed by atoms with E-state index in [4.69, 9.17) is 4.74 Å². The van der Waals surface area contributed by atoms with E-state index in [2.05, 4.69) is 5.32 Å². The Balaban J connectivity index is 1.58. The Morgan fingerprint density at radius 2 is 1.55 bits per heavy atom. The van der Waals surface area contributed by atoms with Crippen LogP contribution in [0.2, 0.25) is 0 Å². The third-order valence-corrected chi connectivity index (χ3v) is 4.60. The van der Waals surface area contributed by atoms with Gasteiger partial charge in [0.15, 0.2) is 6.10 Å². The zero-order valence-corrected chi connectivity index (χ0v) is 15.8. The molecule has 3 rings (SSSR count). The number of hydrogen-bond donors (Lipinski definition) is 1. The molecule has 0 fully saturated rings. The molecule has 7 nitrogen and oxygen atoms in total. The van der Waals surface area contributed by atoms with E-state index >= 15 is 0 Å². The van der Waals surface area contributed by atoms with Crippen molar-refractivity contribution in [3.05, 3.63) is 71.0 Å². The molecular formula is C21H19FN2O5. The summed E-state index contributed by atoms with van der Waals surface area (Å²) in [5.74, 6) is -2.97. The average molecular weight is 398 g/mol. The molecule has 1 aliphatic rings. The Morgan fingerprint density at radius 1 is 1.00 bits per heavy atom. The molecule has 0 saturated heterocycles. The zero-order valence-electron chi connectivity index (χ0n) is 15.8. The molecule has 0 radical (unpaired) electrons. The third kappa shape index (κ3) is 4.16. The fourth-order valence-electron chi connectivity index (χ4n) is 2.93. The molecule has 0 aromatic heterocycles. The first kappa shape index (κ1) is 20.2. The number of benzene rings is 2. The maximum Gasteiger partial charge on any atom is 0.329 e. The minimum Gasteiger partial charge on any atom is -0.451 e. The summed E-state index contributed by atoms with van der Waals surface area (Å²) in [6.45, 7) is 2.88. The summed E-state index contributed by atoms with van der Waals surface area (Å²) in [7, 11) is 0. The number of halogens is 1. The number of ether oxygens (including phenoxy) is 1. The molecular weight excluding hydrogens is 379 g/mol. The highest BCUT2D eigenvalue weighted by atomic mass is 19.1. The second-order valence-corrected chi connectivity index (χ2v) is 6.63. The van der Waals surface area contributed by atoms with Gasteiger partial charge in [-0.05, 0) is 43.7 Å². The van der Waals surface area contributed by atoms with Crippen LogP contribution in [0.3, 0.4) is 0 Å². The van der Waals surface area contributed by atoms with Crippen LogP contribution in [0.1, 0.15) is 40.1 Å². The fourth-order valence-corrected chi connectivity index (χ4v) is 2.93. The Hall–Kier alpha value is -3.55. The van der Waals surface area contributed by atoms with Crippen LogP contribution in [0.25, 0.3) is 0 Å². The highest BCUT2D eigenvalue weighted by Crippen LogP contribution is 2.24. The number of amides is 3. The van der Waals surface area contributed by atoms with Gasteiger partial charge >= 0.3 is 5.97 Å². The van der Waals surface area contributed by atoms with Gasteiger partial charge in [0.05, 0.1) is 11.1 Å². The summed E-state index contributed by atoms with van der Waals surface area (Å²) in [6, 6.07) is 10.7. The maximum atomic E-state index is 12.9. The van der Waals surface area contributed by atoms with Crippen LogP contribution in [0, 0.1) is 5.82 Å². The quantitative estimate of drug-likeness (QED) is 0.594.